The number of phenols is 1. The molecule has 70 heavy (non-hydrogen) atoms. The highest BCUT2D eigenvalue weighted by Crippen LogP contribution is 2.12. The molecule has 1 rings (SSSR count). The van der Waals surface area contributed by atoms with Gasteiger partial charge in [-0.15, -0.1) is 0 Å². The first-order valence-electron chi connectivity index (χ1n) is 22.0. The third kappa shape index (κ3) is 23.3. The van der Waals surface area contributed by atoms with Gasteiger partial charge in [0.1, 0.15) is 36.0 Å². The van der Waals surface area contributed by atoms with Crippen molar-refractivity contribution in [3.8, 4) is 5.75 Å². The van der Waals surface area contributed by atoms with Crippen molar-refractivity contribution >= 4 is 65.0 Å². The SMILES string of the molecule is CC(C)C[C@H](NC(=O)CNC(=O)[C@H](CO)NC(=O)[C@H](CO)NC(=O)CNC(=O)[C@H](CO)NC(=O)[C@H](Cc1ccc(O)cc1)NC(=O)CNC(=O)CNC(=O)[C@@H](N)CC(C)C)C(=O)N[C@H](C(=O)O)[C@@H](C)O. The Balaban J connectivity index is 2.85. The van der Waals surface area contributed by atoms with E-state index in [1.165, 1.54) is 24.3 Å². The molecule has 0 aliphatic rings. The molecule has 1 aromatic rings. The first-order valence-corrected chi connectivity index (χ1v) is 22.0. The molecular weight excluding hydrogens is 931 g/mol. The van der Waals surface area contributed by atoms with Crippen LogP contribution in [0.15, 0.2) is 24.3 Å². The van der Waals surface area contributed by atoms with Gasteiger partial charge in [0.05, 0.1) is 58.1 Å². The molecule has 0 aromatic heterocycles. The van der Waals surface area contributed by atoms with E-state index in [9.17, 15) is 83.4 Å². The van der Waals surface area contributed by atoms with Crippen molar-refractivity contribution in [3.05, 3.63) is 29.8 Å². The number of hydrogen-bond donors (Lipinski definition) is 17. The van der Waals surface area contributed by atoms with E-state index in [2.05, 4.69) is 53.2 Å². The van der Waals surface area contributed by atoms with E-state index >= 15 is 0 Å². The Morgan fingerprint density at radius 3 is 1.31 bits per heavy atom. The molecule has 0 aliphatic carbocycles. The number of nitrogens with one attached hydrogen (secondary N) is 10. The lowest BCUT2D eigenvalue weighted by Crippen LogP contribution is -2.59. The van der Waals surface area contributed by atoms with Crippen LogP contribution in [0.5, 0.6) is 5.75 Å². The number of amides is 10. The molecule has 1 aromatic carbocycles. The maximum atomic E-state index is 13.4. The summed E-state index contributed by atoms with van der Waals surface area (Å²) >= 11 is 0. The van der Waals surface area contributed by atoms with Crippen molar-refractivity contribution in [2.24, 2.45) is 17.6 Å². The van der Waals surface area contributed by atoms with Crippen LogP contribution < -0.4 is 58.9 Å². The van der Waals surface area contributed by atoms with E-state index in [0.717, 1.165) is 6.92 Å². The summed E-state index contributed by atoms with van der Waals surface area (Å²) in [4.78, 5) is 139. The van der Waals surface area contributed by atoms with Crippen LogP contribution in [0.4, 0.5) is 0 Å². The highest BCUT2D eigenvalue weighted by Gasteiger charge is 2.32. The number of nitrogens with two attached hydrogens (primary N) is 1. The third-order valence-electron chi connectivity index (χ3n) is 9.68. The largest absolute Gasteiger partial charge is 0.508 e. The molecule has 8 atom stereocenters. The lowest BCUT2D eigenvalue weighted by molar-refractivity contribution is -0.145. The van der Waals surface area contributed by atoms with Gasteiger partial charge in [-0.3, -0.25) is 47.9 Å². The smallest absolute Gasteiger partial charge is 0.328 e. The predicted molar refractivity (Wildman–Crippen MR) is 243 cm³/mol. The van der Waals surface area contributed by atoms with Crippen LogP contribution in [-0.2, 0) is 59.2 Å². The monoisotopic (exact) mass is 997 g/mol. The molecule has 28 heteroatoms. The van der Waals surface area contributed by atoms with Crippen molar-refractivity contribution in [2.45, 2.75) is 102 Å². The summed E-state index contributed by atoms with van der Waals surface area (Å²) in [6.45, 7) is 2.28. The third-order valence-corrected chi connectivity index (χ3v) is 9.68. The average molecular weight is 998 g/mol. The van der Waals surface area contributed by atoms with Gasteiger partial charge in [0.15, 0.2) is 6.04 Å². The lowest BCUT2D eigenvalue weighted by atomic mass is 10.0. The lowest BCUT2D eigenvalue weighted by Gasteiger charge is -2.24. The number of aliphatic carboxylic acids is 1. The number of phenolic OH excluding ortho intramolecular Hbond substituents is 1. The summed E-state index contributed by atoms with van der Waals surface area (Å²) in [7, 11) is 0. The molecule has 0 unspecified atom stereocenters. The van der Waals surface area contributed by atoms with E-state index in [1.807, 2.05) is 13.8 Å². The number of benzene rings is 1. The minimum atomic E-state index is -1.78. The average Bonchev–Trinajstić information content (AvgIpc) is 3.29. The Morgan fingerprint density at radius 2 is 0.871 bits per heavy atom. The van der Waals surface area contributed by atoms with Gasteiger partial charge in [-0.1, -0.05) is 39.8 Å². The molecule has 0 saturated heterocycles. The summed E-state index contributed by atoms with van der Waals surface area (Å²) in [6, 6.07) is -5.06. The second kappa shape index (κ2) is 31.2. The molecule has 10 amide bonds. The van der Waals surface area contributed by atoms with E-state index in [4.69, 9.17) is 5.73 Å². The highest BCUT2D eigenvalue weighted by molar-refractivity contribution is 5.97. The highest BCUT2D eigenvalue weighted by atomic mass is 16.4. The van der Waals surface area contributed by atoms with E-state index < -0.39 is 159 Å². The maximum absolute atomic E-state index is 13.4. The standard InChI is InChI=1S/C42H67N11O17/c1-20(2)10-25(43)36(63)45-13-31(59)44-14-32(60)49-27(12-23-6-8-24(58)9-7-23)39(66)51-28(17-54)37(64)47-16-34(62)50-30(19-56)41(68)52-29(18-55)38(65)46-15-33(61)48-26(11-21(3)4)40(67)53-35(22(5)57)42(69)70/h6-9,20-22,25-30,35,54-58H,10-19,43H2,1-5H3,(H,44,59)(H,45,63)(H,46,65)(H,47,64)(H,48,61)(H,49,60)(H,50,62)(H,51,66)(H,52,68)(H,53,67)(H,69,70)/t22-,25+,26+,27+,28+,29+,30+,35+/m1/s1. The summed E-state index contributed by atoms with van der Waals surface area (Å²) in [5.74, 6) is -11.4. The fourth-order valence-corrected chi connectivity index (χ4v) is 6.02. The van der Waals surface area contributed by atoms with Crippen molar-refractivity contribution in [2.75, 3.05) is 46.0 Å². The van der Waals surface area contributed by atoms with Gasteiger partial charge < -0.3 is 89.5 Å². The molecule has 0 radical (unpaired) electrons. The number of aliphatic hydroxyl groups is 4. The number of aliphatic hydroxyl groups excluding tert-OH is 4. The zero-order valence-corrected chi connectivity index (χ0v) is 39.4. The van der Waals surface area contributed by atoms with Crippen LogP contribution in [0, 0.1) is 11.8 Å². The van der Waals surface area contributed by atoms with Gasteiger partial charge in [0, 0.05) is 6.42 Å². The second-order valence-electron chi connectivity index (χ2n) is 16.8. The van der Waals surface area contributed by atoms with Gasteiger partial charge in [0.2, 0.25) is 59.1 Å². The molecule has 392 valence electrons. The zero-order valence-electron chi connectivity index (χ0n) is 39.4. The number of carbonyl (C=O) groups is 11. The van der Waals surface area contributed by atoms with Crippen LogP contribution in [-0.4, -0.2) is 190 Å². The van der Waals surface area contributed by atoms with Gasteiger partial charge in [-0.25, -0.2) is 4.79 Å². The Hall–Kier alpha value is -7.01. The number of rotatable bonds is 31. The number of aromatic hydroxyl groups is 1. The number of carboxylic acids is 1. The number of hydrogen-bond acceptors (Lipinski definition) is 17. The van der Waals surface area contributed by atoms with E-state index in [-0.39, 0.29) is 30.4 Å². The predicted octanol–water partition coefficient (Wildman–Crippen LogP) is -7.83. The molecule has 28 nitrogen and oxygen atoms in total. The van der Waals surface area contributed by atoms with Crippen molar-refractivity contribution in [1.82, 2.24) is 53.2 Å². The summed E-state index contributed by atoms with van der Waals surface area (Å²) in [6.07, 6.45) is -1.30. The molecule has 0 fully saturated rings. The minimum Gasteiger partial charge on any atom is -0.508 e. The Bertz CT molecular complexity index is 1970. The van der Waals surface area contributed by atoms with Gasteiger partial charge in [0.25, 0.3) is 0 Å². The molecule has 0 saturated carbocycles. The fourth-order valence-electron chi connectivity index (χ4n) is 6.02. The fraction of sp³-hybridized carbons (Fsp3) is 0.595. The van der Waals surface area contributed by atoms with Crippen molar-refractivity contribution < 1.29 is 83.4 Å². The summed E-state index contributed by atoms with van der Waals surface area (Å²) in [5, 5.41) is 80.3. The number of carbonyl (C=O) groups excluding carboxylic acids is 10. The molecule has 18 N–H and O–H groups in total. The molecular formula is C42H67N11O17. The molecule has 0 spiro atoms. The van der Waals surface area contributed by atoms with E-state index in [1.54, 1.807) is 13.8 Å². The quantitative estimate of drug-likeness (QED) is 0.0328. The summed E-state index contributed by atoms with van der Waals surface area (Å²) < 4.78 is 0. The second-order valence-corrected chi connectivity index (χ2v) is 16.8. The first kappa shape index (κ1) is 61.0. The van der Waals surface area contributed by atoms with Crippen molar-refractivity contribution in [1.29, 1.82) is 0 Å². The summed E-state index contributed by atoms with van der Waals surface area (Å²) in [5.41, 5.74) is 6.22. The maximum Gasteiger partial charge on any atom is 0.328 e. The first-order chi connectivity index (χ1) is 32.8. The molecule has 0 heterocycles. The van der Waals surface area contributed by atoms with Gasteiger partial charge in [-0.05, 0) is 49.3 Å². The van der Waals surface area contributed by atoms with Gasteiger partial charge >= 0.3 is 5.97 Å². The topological polar surface area (TPSA) is 455 Å². The minimum absolute atomic E-state index is 0.0278. The Kier molecular flexibility index (Phi) is 27.2. The van der Waals surface area contributed by atoms with Crippen LogP contribution >= 0.6 is 0 Å². The normalized spacial score (nSPS) is 14.4. The Morgan fingerprint density at radius 1 is 0.486 bits per heavy atom. The van der Waals surface area contributed by atoms with Crippen LogP contribution in [0.25, 0.3) is 0 Å². The van der Waals surface area contributed by atoms with Crippen LogP contribution in [0.2, 0.25) is 0 Å². The molecule has 0 aliphatic heterocycles. The van der Waals surface area contributed by atoms with Gasteiger partial charge in [-0.2, -0.15) is 0 Å². The van der Waals surface area contributed by atoms with E-state index in [0.29, 0.717) is 12.0 Å². The number of carboxylic acid groups (broad SMARTS) is 1. The van der Waals surface area contributed by atoms with Crippen LogP contribution in [0.1, 0.15) is 53.0 Å². The van der Waals surface area contributed by atoms with Crippen LogP contribution in [0.3, 0.4) is 0 Å². The molecule has 0 bridgehead atoms. The zero-order chi connectivity index (χ0) is 53.2. The Labute approximate surface area is 402 Å². The van der Waals surface area contributed by atoms with Crippen molar-refractivity contribution in [3.63, 3.8) is 0 Å².